The number of amides is 2. The number of nitrogens with one attached hydrogen (secondary N) is 1. The standard InChI is InChI=1S/C15H18F2N2O3/c1-2-22-15(21)19-8-4-5-10(9-19)14(20)18-13-11(16)6-3-7-12(13)17/h3,6-7,10H,2,4-5,8-9H2,1H3,(H,18,20). The van der Waals surface area contributed by atoms with E-state index in [1.807, 2.05) is 0 Å². The second-order valence-corrected chi connectivity index (χ2v) is 5.07. The maximum Gasteiger partial charge on any atom is 0.409 e. The molecule has 0 bridgehead atoms. The number of rotatable bonds is 3. The molecule has 1 aromatic rings. The predicted octanol–water partition coefficient (Wildman–Crippen LogP) is 2.77. The fraction of sp³-hybridized carbons (Fsp3) is 0.467. The van der Waals surface area contributed by atoms with Crippen LogP contribution in [0.1, 0.15) is 19.8 Å². The van der Waals surface area contributed by atoms with Crippen molar-refractivity contribution >= 4 is 17.7 Å². The summed E-state index contributed by atoms with van der Waals surface area (Å²) in [4.78, 5) is 25.3. The van der Waals surface area contributed by atoms with Crippen LogP contribution in [0.4, 0.5) is 19.3 Å². The van der Waals surface area contributed by atoms with Crippen molar-refractivity contribution in [3.8, 4) is 0 Å². The van der Waals surface area contributed by atoms with Gasteiger partial charge in [0.15, 0.2) is 0 Å². The first kappa shape index (κ1) is 16.2. The predicted molar refractivity (Wildman–Crippen MR) is 76.3 cm³/mol. The first-order valence-electron chi connectivity index (χ1n) is 7.19. The van der Waals surface area contributed by atoms with Gasteiger partial charge in [0.2, 0.25) is 5.91 Å². The molecule has 1 aromatic carbocycles. The second-order valence-electron chi connectivity index (χ2n) is 5.07. The van der Waals surface area contributed by atoms with Gasteiger partial charge in [-0.2, -0.15) is 0 Å². The third kappa shape index (κ3) is 3.72. The summed E-state index contributed by atoms with van der Waals surface area (Å²) in [5, 5.41) is 2.27. The largest absolute Gasteiger partial charge is 0.450 e. The number of hydrogen-bond acceptors (Lipinski definition) is 3. The summed E-state index contributed by atoms with van der Waals surface area (Å²) in [5.41, 5.74) is -0.458. The molecule has 1 N–H and O–H groups in total. The van der Waals surface area contributed by atoms with Crippen LogP contribution in [0.5, 0.6) is 0 Å². The molecule has 120 valence electrons. The lowest BCUT2D eigenvalue weighted by molar-refractivity contribution is -0.121. The lowest BCUT2D eigenvalue weighted by Gasteiger charge is -2.31. The van der Waals surface area contributed by atoms with Crippen LogP contribution >= 0.6 is 0 Å². The van der Waals surface area contributed by atoms with Crippen LogP contribution in [0.15, 0.2) is 18.2 Å². The van der Waals surface area contributed by atoms with Crippen LogP contribution in [0, 0.1) is 17.6 Å². The molecule has 7 heteroatoms. The van der Waals surface area contributed by atoms with Crippen LogP contribution in [0.25, 0.3) is 0 Å². The zero-order chi connectivity index (χ0) is 16.1. The molecule has 0 aliphatic carbocycles. The minimum atomic E-state index is -0.827. The number of hydrogen-bond donors (Lipinski definition) is 1. The molecule has 1 fully saturated rings. The molecule has 1 atom stereocenters. The number of ether oxygens (including phenoxy) is 1. The Kier molecular flexibility index (Phi) is 5.30. The number of piperidine rings is 1. The number of anilines is 1. The van der Waals surface area contributed by atoms with Crippen molar-refractivity contribution in [2.45, 2.75) is 19.8 Å². The van der Waals surface area contributed by atoms with Gasteiger partial charge in [0.25, 0.3) is 0 Å². The Hall–Kier alpha value is -2.18. The first-order valence-corrected chi connectivity index (χ1v) is 7.19. The van der Waals surface area contributed by atoms with E-state index >= 15 is 0 Å². The molecule has 5 nitrogen and oxygen atoms in total. The van der Waals surface area contributed by atoms with Crippen molar-refractivity contribution in [2.24, 2.45) is 5.92 Å². The number of benzene rings is 1. The molecule has 1 aliphatic heterocycles. The third-order valence-electron chi connectivity index (χ3n) is 3.53. The number of nitrogens with zero attached hydrogens (tertiary/aromatic N) is 1. The van der Waals surface area contributed by atoms with Crippen molar-refractivity contribution in [3.63, 3.8) is 0 Å². The fourth-order valence-electron chi connectivity index (χ4n) is 2.41. The fourth-order valence-corrected chi connectivity index (χ4v) is 2.41. The molecular formula is C15H18F2N2O3. The maximum atomic E-state index is 13.5. The van der Waals surface area contributed by atoms with E-state index < -0.39 is 35.2 Å². The SMILES string of the molecule is CCOC(=O)N1CCCC(C(=O)Nc2c(F)cccc2F)C1. The Morgan fingerprint density at radius 2 is 2.05 bits per heavy atom. The Morgan fingerprint density at radius 1 is 1.36 bits per heavy atom. The van der Waals surface area contributed by atoms with Gasteiger partial charge in [-0.3, -0.25) is 4.79 Å². The average molecular weight is 312 g/mol. The van der Waals surface area contributed by atoms with E-state index in [4.69, 9.17) is 4.74 Å². The first-order chi connectivity index (χ1) is 10.5. The molecule has 2 amide bonds. The van der Waals surface area contributed by atoms with Crippen LogP contribution in [0.2, 0.25) is 0 Å². The van der Waals surface area contributed by atoms with Gasteiger partial charge in [0.05, 0.1) is 12.5 Å². The highest BCUT2D eigenvalue weighted by Gasteiger charge is 2.29. The minimum absolute atomic E-state index is 0.181. The summed E-state index contributed by atoms with van der Waals surface area (Å²) in [7, 11) is 0. The zero-order valence-electron chi connectivity index (χ0n) is 12.3. The maximum absolute atomic E-state index is 13.5. The van der Waals surface area contributed by atoms with E-state index in [0.717, 1.165) is 12.1 Å². The van der Waals surface area contributed by atoms with Crippen LogP contribution < -0.4 is 5.32 Å². The number of halogens is 2. The molecule has 0 spiro atoms. The highest BCUT2D eigenvalue weighted by atomic mass is 19.1. The summed E-state index contributed by atoms with van der Waals surface area (Å²) < 4.78 is 32.0. The normalized spacial score (nSPS) is 18.0. The molecule has 22 heavy (non-hydrogen) atoms. The third-order valence-corrected chi connectivity index (χ3v) is 3.53. The highest BCUT2D eigenvalue weighted by molar-refractivity contribution is 5.93. The Labute approximate surface area is 127 Å². The van der Waals surface area contributed by atoms with E-state index in [-0.39, 0.29) is 13.2 Å². The van der Waals surface area contributed by atoms with Gasteiger partial charge in [0, 0.05) is 13.1 Å². The topological polar surface area (TPSA) is 58.6 Å². The van der Waals surface area contributed by atoms with Crippen molar-refractivity contribution < 1.29 is 23.1 Å². The minimum Gasteiger partial charge on any atom is -0.450 e. The Morgan fingerprint density at radius 3 is 2.68 bits per heavy atom. The molecule has 0 saturated carbocycles. The van der Waals surface area contributed by atoms with E-state index in [0.29, 0.717) is 19.4 Å². The molecule has 1 heterocycles. The number of carbonyl (C=O) groups excluding carboxylic acids is 2. The number of carbonyl (C=O) groups is 2. The lowest BCUT2D eigenvalue weighted by Crippen LogP contribution is -2.44. The van der Waals surface area contributed by atoms with Crippen LogP contribution in [0.3, 0.4) is 0 Å². The van der Waals surface area contributed by atoms with Crippen molar-refractivity contribution in [3.05, 3.63) is 29.8 Å². The Balaban J connectivity index is 2.02. The van der Waals surface area contributed by atoms with E-state index in [1.54, 1.807) is 6.92 Å². The smallest absolute Gasteiger partial charge is 0.409 e. The van der Waals surface area contributed by atoms with Crippen molar-refractivity contribution in [1.29, 1.82) is 0 Å². The van der Waals surface area contributed by atoms with E-state index in [2.05, 4.69) is 5.32 Å². The number of para-hydroxylation sites is 1. The zero-order valence-corrected chi connectivity index (χ0v) is 12.3. The highest BCUT2D eigenvalue weighted by Crippen LogP contribution is 2.22. The molecular weight excluding hydrogens is 294 g/mol. The average Bonchev–Trinajstić information content (AvgIpc) is 2.51. The van der Waals surface area contributed by atoms with Gasteiger partial charge in [-0.15, -0.1) is 0 Å². The van der Waals surface area contributed by atoms with Gasteiger partial charge in [-0.25, -0.2) is 13.6 Å². The second kappa shape index (κ2) is 7.20. The van der Waals surface area contributed by atoms with Gasteiger partial charge >= 0.3 is 6.09 Å². The Bertz CT molecular complexity index is 545. The van der Waals surface area contributed by atoms with Gasteiger partial charge < -0.3 is 15.0 Å². The summed E-state index contributed by atoms with van der Waals surface area (Å²) in [5.74, 6) is -2.67. The quantitative estimate of drug-likeness (QED) is 0.933. The molecule has 1 aliphatic rings. The summed E-state index contributed by atoms with van der Waals surface area (Å²) >= 11 is 0. The van der Waals surface area contributed by atoms with E-state index in [1.165, 1.54) is 11.0 Å². The van der Waals surface area contributed by atoms with Crippen molar-refractivity contribution in [1.82, 2.24) is 4.90 Å². The van der Waals surface area contributed by atoms with Gasteiger partial charge in [-0.1, -0.05) is 6.07 Å². The lowest BCUT2D eigenvalue weighted by atomic mass is 9.97. The molecule has 1 unspecified atom stereocenters. The van der Waals surface area contributed by atoms with Crippen LogP contribution in [-0.2, 0) is 9.53 Å². The number of likely N-dealkylation sites (tertiary alicyclic amines) is 1. The van der Waals surface area contributed by atoms with Gasteiger partial charge in [-0.05, 0) is 31.9 Å². The summed E-state index contributed by atoms with van der Waals surface area (Å²) in [6.45, 7) is 2.65. The monoisotopic (exact) mass is 312 g/mol. The van der Waals surface area contributed by atoms with Crippen molar-refractivity contribution in [2.75, 3.05) is 25.0 Å². The van der Waals surface area contributed by atoms with Crippen LogP contribution in [-0.4, -0.2) is 36.6 Å². The van der Waals surface area contributed by atoms with Gasteiger partial charge in [0.1, 0.15) is 17.3 Å². The van der Waals surface area contributed by atoms with E-state index in [9.17, 15) is 18.4 Å². The molecule has 2 rings (SSSR count). The summed E-state index contributed by atoms with van der Waals surface area (Å²) in [6, 6.07) is 3.37. The molecule has 1 saturated heterocycles. The molecule has 0 aromatic heterocycles. The molecule has 0 radical (unpaired) electrons. The summed E-state index contributed by atoms with van der Waals surface area (Å²) in [6.07, 6.45) is 0.714.